The number of benzene rings is 1. The van der Waals surface area contributed by atoms with E-state index >= 15 is 0 Å². The van der Waals surface area contributed by atoms with Crippen molar-refractivity contribution in [2.75, 3.05) is 19.7 Å². The molecule has 1 aromatic rings. The zero-order chi connectivity index (χ0) is 15.7. The van der Waals surface area contributed by atoms with Gasteiger partial charge in [0.1, 0.15) is 0 Å². The van der Waals surface area contributed by atoms with Crippen molar-refractivity contribution in [2.24, 2.45) is 5.92 Å². The minimum absolute atomic E-state index is 0.0120. The Kier molecular flexibility index (Phi) is 4.36. The van der Waals surface area contributed by atoms with E-state index in [1.165, 1.54) is 0 Å². The fourth-order valence-electron chi connectivity index (χ4n) is 3.05. The van der Waals surface area contributed by atoms with Crippen molar-refractivity contribution in [1.82, 2.24) is 4.90 Å². The van der Waals surface area contributed by atoms with E-state index in [2.05, 4.69) is 0 Å². The van der Waals surface area contributed by atoms with Crippen LogP contribution in [0.1, 0.15) is 24.3 Å². The molecule has 0 spiro atoms. The fourth-order valence-corrected chi connectivity index (χ4v) is 3.24. The van der Waals surface area contributed by atoms with E-state index in [9.17, 15) is 9.59 Å². The lowest BCUT2D eigenvalue weighted by Crippen LogP contribution is -2.47. The zero-order valence-corrected chi connectivity index (χ0v) is 12.8. The summed E-state index contributed by atoms with van der Waals surface area (Å²) in [5, 5.41) is 9.52. The summed E-state index contributed by atoms with van der Waals surface area (Å²) in [4.78, 5) is 25.1. The second kappa shape index (κ2) is 6.26. The molecular formula is C16H18ClNO4. The predicted octanol–water partition coefficient (Wildman–Crippen LogP) is 2.15. The molecule has 1 aliphatic carbocycles. The summed E-state index contributed by atoms with van der Waals surface area (Å²) in [6.45, 7) is 1.30. The summed E-state index contributed by atoms with van der Waals surface area (Å²) in [5.74, 6) is -0.583. The molecule has 2 fully saturated rings. The number of morpholine rings is 1. The first kappa shape index (κ1) is 15.3. The number of nitrogens with zero attached hydrogens (tertiary/aromatic N) is 1. The third kappa shape index (κ3) is 3.42. The molecule has 3 atom stereocenters. The molecule has 0 aromatic heterocycles. The third-order valence-corrected chi connectivity index (χ3v) is 4.47. The van der Waals surface area contributed by atoms with Crippen LogP contribution in [0.5, 0.6) is 0 Å². The number of hydrogen-bond acceptors (Lipinski definition) is 3. The number of carbonyl (C=O) groups excluding carboxylic acids is 1. The zero-order valence-electron chi connectivity index (χ0n) is 12.1. The van der Waals surface area contributed by atoms with Gasteiger partial charge in [0.2, 0.25) is 5.91 Å². The van der Waals surface area contributed by atoms with Crippen LogP contribution in [0.2, 0.25) is 5.02 Å². The van der Waals surface area contributed by atoms with Crippen molar-refractivity contribution in [1.29, 1.82) is 0 Å². The number of carboxylic acids is 1. The number of ether oxygens (including phenoxy) is 1. The molecule has 2 aliphatic rings. The van der Waals surface area contributed by atoms with Crippen molar-refractivity contribution >= 4 is 23.5 Å². The molecule has 1 amide bonds. The molecule has 0 radical (unpaired) electrons. The molecule has 1 N–H and O–H groups in total. The maximum absolute atomic E-state index is 12.6. The number of aliphatic carboxylic acids is 1. The smallest absolute Gasteiger partial charge is 0.306 e. The predicted molar refractivity (Wildman–Crippen MR) is 80.9 cm³/mol. The van der Waals surface area contributed by atoms with E-state index in [1.54, 1.807) is 4.90 Å². The molecule has 22 heavy (non-hydrogen) atoms. The summed E-state index contributed by atoms with van der Waals surface area (Å²) in [7, 11) is 0. The summed E-state index contributed by atoms with van der Waals surface area (Å²) in [6.07, 6.45) is 0.366. The van der Waals surface area contributed by atoms with Crippen molar-refractivity contribution in [3.05, 3.63) is 34.9 Å². The first-order chi connectivity index (χ1) is 10.5. The van der Waals surface area contributed by atoms with Gasteiger partial charge >= 0.3 is 5.97 Å². The Hall–Kier alpha value is -1.59. The third-order valence-electron chi connectivity index (χ3n) is 4.24. The number of hydrogen-bond donors (Lipinski definition) is 1. The average Bonchev–Trinajstić information content (AvgIpc) is 3.26. The monoisotopic (exact) mass is 323 g/mol. The molecule has 1 saturated heterocycles. The van der Waals surface area contributed by atoms with Gasteiger partial charge in [-0.05, 0) is 30.0 Å². The van der Waals surface area contributed by atoms with Gasteiger partial charge in [-0.3, -0.25) is 9.59 Å². The Morgan fingerprint density at radius 1 is 1.41 bits per heavy atom. The Bertz CT molecular complexity index is 591. The molecule has 6 heteroatoms. The van der Waals surface area contributed by atoms with Gasteiger partial charge in [-0.1, -0.05) is 23.7 Å². The van der Waals surface area contributed by atoms with Gasteiger partial charge in [-0.15, -0.1) is 0 Å². The summed E-state index contributed by atoms with van der Waals surface area (Å²) < 4.78 is 5.40. The molecule has 0 unspecified atom stereocenters. The van der Waals surface area contributed by atoms with Crippen LogP contribution >= 0.6 is 11.6 Å². The second-order valence-electron chi connectivity index (χ2n) is 5.88. The highest BCUT2D eigenvalue weighted by Gasteiger charge is 2.46. The number of carboxylic acid groups (broad SMARTS) is 1. The van der Waals surface area contributed by atoms with Crippen molar-refractivity contribution in [3.63, 3.8) is 0 Å². The average molecular weight is 324 g/mol. The Morgan fingerprint density at radius 3 is 2.95 bits per heavy atom. The van der Waals surface area contributed by atoms with Gasteiger partial charge in [0, 0.05) is 24.0 Å². The van der Waals surface area contributed by atoms with Gasteiger partial charge in [-0.2, -0.15) is 0 Å². The van der Waals surface area contributed by atoms with E-state index < -0.39 is 12.1 Å². The maximum atomic E-state index is 12.6. The summed E-state index contributed by atoms with van der Waals surface area (Å²) in [6, 6.07) is 7.63. The highest BCUT2D eigenvalue weighted by molar-refractivity contribution is 6.30. The van der Waals surface area contributed by atoms with Gasteiger partial charge in [-0.25, -0.2) is 0 Å². The van der Waals surface area contributed by atoms with E-state index in [1.807, 2.05) is 24.3 Å². The molecule has 1 heterocycles. The van der Waals surface area contributed by atoms with Crippen LogP contribution in [0.3, 0.4) is 0 Å². The lowest BCUT2D eigenvalue weighted by Gasteiger charge is -2.32. The molecule has 1 aliphatic heterocycles. The molecular weight excluding hydrogens is 306 g/mol. The minimum atomic E-state index is -0.900. The van der Waals surface area contributed by atoms with Crippen LogP contribution in [0.15, 0.2) is 24.3 Å². The van der Waals surface area contributed by atoms with Crippen LogP contribution in [0.4, 0.5) is 0 Å². The number of amides is 1. The lowest BCUT2D eigenvalue weighted by molar-refractivity contribution is -0.148. The van der Waals surface area contributed by atoms with Crippen LogP contribution in [0, 0.1) is 5.92 Å². The van der Waals surface area contributed by atoms with Crippen LogP contribution < -0.4 is 0 Å². The number of halogens is 1. The minimum Gasteiger partial charge on any atom is -0.481 e. The Balaban J connectivity index is 1.59. The first-order valence-electron chi connectivity index (χ1n) is 7.42. The van der Waals surface area contributed by atoms with Crippen molar-refractivity contribution < 1.29 is 19.4 Å². The Labute approximate surface area is 133 Å². The standard InChI is InChI=1S/C16H18ClNO4/c17-11-3-1-2-10(6-11)13-8-14(13)16(21)18-4-5-22-12(9-18)7-15(19)20/h1-3,6,12-14H,4-5,7-9H2,(H,19,20)/t12-,13-,14+/m1/s1. The quantitative estimate of drug-likeness (QED) is 0.922. The molecule has 1 aromatic carbocycles. The normalized spacial score (nSPS) is 27.5. The van der Waals surface area contributed by atoms with Gasteiger partial charge in [0.25, 0.3) is 0 Å². The van der Waals surface area contributed by atoms with Gasteiger partial charge in [0.15, 0.2) is 0 Å². The number of rotatable bonds is 4. The van der Waals surface area contributed by atoms with Crippen molar-refractivity contribution in [3.8, 4) is 0 Å². The molecule has 1 saturated carbocycles. The maximum Gasteiger partial charge on any atom is 0.306 e. The summed E-state index contributed by atoms with van der Waals surface area (Å²) in [5.41, 5.74) is 1.10. The van der Waals surface area contributed by atoms with E-state index in [0.717, 1.165) is 12.0 Å². The van der Waals surface area contributed by atoms with E-state index in [0.29, 0.717) is 24.7 Å². The van der Waals surface area contributed by atoms with Crippen LogP contribution in [-0.2, 0) is 14.3 Å². The van der Waals surface area contributed by atoms with E-state index in [-0.39, 0.29) is 24.2 Å². The lowest BCUT2D eigenvalue weighted by atomic mass is 10.1. The molecule has 3 rings (SSSR count). The SMILES string of the molecule is O=C(O)C[C@@H]1CN(C(=O)[C@H]2C[C@@H]2c2cccc(Cl)c2)CCO1. The van der Waals surface area contributed by atoms with E-state index in [4.69, 9.17) is 21.4 Å². The van der Waals surface area contributed by atoms with Gasteiger partial charge < -0.3 is 14.7 Å². The van der Waals surface area contributed by atoms with Crippen LogP contribution in [0.25, 0.3) is 0 Å². The highest BCUT2D eigenvalue weighted by atomic mass is 35.5. The van der Waals surface area contributed by atoms with Gasteiger partial charge in [0.05, 0.1) is 19.1 Å². The Morgan fingerprint density at radius 2 is 2.23 bits per heavy atom. The second-order valence-corrected chi connectivity index (χ2v) is 6.32. The van der Waals surface area contributed by atoms with Crippen molar-refractivity contribution in [2.45, 2.75) is 24.9 Å². The first-order valence-corrected chi connectivity index (χ1v) is 7.80. The van der Waals surface area contributed by atoms with Crippen LogP contribution in [-0.4, -0.2) is 47.7 Å². The topological polar surface area (TPSA) is 66.8 Å². The molecule has 0 bridgehead atoms. The summed E-state index contributed by atoms with van der Waals surface area (Å²) >= 11 is 5.99. The highest BCUT2D eigenvalue weighted by Crippen LogP contribution is 2.49. The molecule has 5 nitrogen and oxygen atoms in total. The largest absolute Gasteiger partial charge is 0.481 e. The fraction of sp³-hybridized carbons (Fsp3) is 0.500. The number of carbonyl (C=O) groups is 2. The molecule has 118 valence electrons.